The lowest BCUT2D eigenvalue weighted by Crippen LogP contribution is -2.21. The SMILES string of the molecule is CCCCCCSc1nc2c([nH]1)c(=O)n(C)c(=S)n2C. The molecule has 0 spiro atoms. The molecule has 2 heterocycles. The van der Waals surface area contributed by atoms with Crippen LogP contribution in [0.5, 0.6) is 0 Å². The molecule has 0 atom stereocenters. The van der Waals surface area contributed by atoms with E-state index in [1.54, 1.807) is 23.4 Å². The summed E-state index contributed by atoms with van der Waals surface area (Å²) in [4.78, 5) is 19.7. The number of aromatic nitrogens is 4. The molecule has 2 aromatic heterocycles. The monoisotopic (exact) mass is 312 g/mol. The molecule has 0 saturated heterocycles. The van der Waals surface area contributed by atoms with Crippen molar-refractivity contribution in [2.24, 2.45) is 14.1 Å². The number of fused-ring (bicyclic) bond motifs is 1. The molecule has 0 aliphatic heterocycles. The summed E-state index contributed by atoms with van der Waals surface area (Å²) in [6.07, 6.45) is 4.93. The van der Waals surface area contributed by atoms with Crippen LogP contribution in [0.1, 0.15) is 32.6 Å². The van der Waals surface area contributed by atoms with Crippen molar-refractivity contribution >= 4 is 35.1 Å². The predicted molar refractivity (Wildman–Crippen MR) is 86.0 cm³/mol. The van der Waals surface area contributed by atoms with E-state index < -0.39 is 0 Å². The molecule has 110 valence electrons. The number of nitrogens with one attached hydrogen (secondary N) is 1. The highest BCUT2D eigenvalue weighted by Gasteiger charge is 2.11. The van der Waals surface area contributed by atoms with E-state index in [0.717, 1.165) is 10.9 Å². The molecular weight excluding hydrogens is 292 g/mol. The Kier molecular flexibility index (Phi) is 5.04. The van der Waals surface area contributed by atoms with Gasteiger partial charge in [-0.15, -0.1) is 0 Å². The van der Waals surface area contributed by atoms with Gasteiger partial charge in [-0.2, -0.15) is 0 Å². The van der Waals surface area contributed by atoms with Gasteiger partial charge in [0.2, 0.25) is 0 Å². The Bertz CT molecular complexity index is 713. The van der Waals surface area contributed by atoms with Crippen molar-refractivity contribution in [2.45, 2.75) is 37.8 Å². The van der Waals surface area contributed by atoms with Crippen LogP contribution in [0.15, 0.2) is 9.95 Å². The van der Waals surface area contributed by atoms with E-state index in [1.165, 1.54) is 30.3 Å². The molecule has 0 radical (unpaired) electrons. The number of thioether (sulfide) groups is 1. The Morgan fingerprint density at radius 1 is 1.25 bits per heavy atom. The van der Waals surface area contributed by atoms with Crippen molar-refractivity contribution in [3.63, 3.8) is 0 Å². The maximum atomic E-state index is 12.1. The topological polar surface area (TPSA) is 55.6 Å². The zero-order chi connectivity index (χ0) is 14.7. The summed E-state index contributed by atoms with van der Waals surface area (Å²) < 4.78 is 3.71. The third kappa shape index (κ3) is 2.98. The molecule has 0 aliphatic carbocycles. The fraction of sp³-hybridized carbons (Fsp3) is 0.615. The zero-order valence-electron chi connectivity index (χ0n) is 12.1. The first-order valence-electron chi connectivity index (χ1n) is 6.84. The van der Waals surface area contributed by atoms with Crippen molar-refractivity contribution in [1.29, 1.82) is 0 Å². The smallest absolute Gasteiger partial charge is 0.280 e. The van der Waals surface area contributed by atoms with Crippen molar-refractivity contribution in [2.75, 3.05) is 5.75 Å². The normalized spacial score (nSPS) is 11.3. The van der Waals surface area contributed by atoms with E-state index in [9.17, 15) is 4.79 Å². The van der Waals surface area contributed by atoms with Crippen LogP contribution in [-0.2, 0) is 14.1 Å². The average molecular weight is 312 g/mol. The van der Waals surface area contributed by atoms with Gasteiger partial charge in [0, 0.05) is 19.8 Å². The van der Waals surface area contributed by atoms with Gasteiger partial charge in [0.25, 0.3) is 5.56 Å². The van der Waals surface area contributed by atoms with Crippen LogP contribution in [0.4, 0.5) is 0 Å². The molecule has 1 N–H and O–H groups in total. The van der Waals surface area contributed by atoms with Crippen LogP contribution in [0.2, 0.25) is 0 Å². The summed E-state index contributed by atoms with van der Waals surface area (Å²) >= 11 is 6.88. The molecular formula is C13H20N4OS2. The van der Waals surface area contributed by atoms with Crippen LogP contribution in [0, 0.1) is 4.77 Å². The minimum atomic E-state index is -0.117. The van der Waals surface area contributed by atoms with Gasteiger partial charge in [-0.25, -0.2) is 4.98 Å². The summed E-state index contributed by atoms with van der Waals surface area (Å²) in [7, 11) is 3.52. The van der Waals surface area contributed by atoms with Crippen LogP contribution < -0.4 is 5.56 Å². The van der Waals surface area contributed by atoms with E-state index in [0.29, 0.717) is 15.9 Å². The summed E-state index contributed by atoms with van der Waals surface area (Å²) in [6, 6.07) is 0. The van der Waals surface area contributed by atoms with Crippen LogP contribution in [0.25, 0.3) is 11.2 Å². The molecule has 0 saturated carbocycles. The fourth-order valence-electron chi connectivity index (χ4n) is 2.07. The second kappa shape index (κ2) is 6.58. The third-order valence-corrected chi connectivity index (χ3v) is 4.82. The van der Waals surface area contributed by atoms with Gasteiger partial charge in [0.1, 0.15) is 0 Å². The first-order chi connectivity index (χ1) is 9.56. The first-order valence-corrected chi connectivity index (χ1v) is 8.24. The van der Waals surface area contributed by atoms with E-state index in [1.807, 2.05) is 7.05 Å². The molecule has 0 bridgehead atoms. The van der Waals surface area contributed by atoms with Crippen molar-refractivity contribution in [1.82, 2.24) is 19.1 Å². The summed E-state index contributed by atoms with van der Waals surface area (Å²) in [5.74, 6) is 1.02. The molecule has 2 rings (SSSR count). The Morgan fingerprint density at radius 2 is 2.00 bits per heavy atom. The third-order valence-electron chi connectivity index (χ3n) is 3.31. The minimum absolute atomic E-state index is 0.117. The number of nitrogens with zero attached hydrogens (tertiary/aromatic N) is 3. The molecule has 2 aromatic rings. The Balaban J connectivity index is 2.22. The van der Waals surface area contributed by atoms with Crippen LogP contribution >= 0.6 is 24.0 Å². The lowest BCUT2D eigenvalue weighted by molar-refractivity contribution is 0.706. The summed E-state index contributed by atoms with van der Waals surface area (Å²) in [5.41, 5.74) is 1.04. The molecule has 0 aromatic carbocycles. The van der Waals surface area contributed by atoms with Crippen molar-refractivity contribution in [3.05, 3.63) is 15.1 Å². The second-order valence-electron chi connectivity index (χ2n) is 4.86. The van der Waals surface area contributed by atoms with E-state index >= 15 is 0 Å². The molecule has 5 nitrogen and oxygen atoms in total. The number of hydrogen-bond acceptors (Lipinski definition) is 4. The molecule has 0 unspecified atom stereocenters. The van der Waals surface area contributed by atoms with Gasteiger partial charge in [-0.05, 0) is 18.6 Å². The molecule has 20 heavy (non-hydrogen) atoms. The number of unbranched alkanes of at least 4 members (excludes halogenated alkanes) is 3. The first kappa shape index (κ1) is 15.3. The maximum Gasteiger partial charge on any atom is 0.280 e. The van der Waals surface area contributed by atoms with Gasteiger partial charge < -0.3 is 9.55 Å². The predicted octanol–water partition coefficient (Wildman–Crippen LogP) is 3.00. The van der Waals surface area contributed by atoms with E-state index in [4.69, 9.17) is 12.2 Å². The zero-order valence-corrected chi connectivity index (χ0v) is 13.7. The van der Waals surface area contributed by atoms with Gasteiger partial charge >= 0.3 is 0 Å². The molecule has 7 heteroatoms. The van der Waals surface area contributed by atoms with Gasteiger partial charge in [0.15, 0.2) is 21.1 Å². The largest absolute Gasteiger partial charge is 0.327 e. The van der Waals surface area contributed by atoms with E-state index in [-0.39, 0.29) is 5.56 Å². The van der Waals surface area contributed by atoms with Gasteiger partial charge in [-0.3, -0.25) is 9.36 Å². The lowest BCUT2D eigenvalue weighted by Gasteiger charge is -2.03. The highest BCUT2D eigenvalue weighted by Crippen LogP contribution is 2.19. The quantitative estimate of drug-likeness (QED) is 0.506. The van der Waals surface area contributed by atoms with Gasteiger partial charge in [-0.1, -0.05) is 37.9 Å². The highest BCUT2D eigenvalue weighted by atomic mass is 32.2. The summed E-state index contributed by atoms with van der Waals surface area (Å²) in [6.45, 7) is 2.20. The number of imidazole rings is 1. The van der Waals surface area contributed by atoms with Crippen LogP contribution in [-0.4, -0.2) is 24.9 Å². The Labute approximate surface area is 127 Å². The number of aromatic amines is 1. The number of hydrogen-bond donors (Lipinski definition) is 1. The molecule has 0 amide bonds. The van der Waals surface area contributed by atoms with Crippen molar-refractivity contribution in [3.8, 4) is 0 Å². The summed E-state index contributed by atoms with van der Waals surface area (Å²) in [5, 5.41) is 0.796. The van der Waals surface area contributed by atoms with Crippen LogP contribution in [0.3, 0.4) is 0 Å². The Hall–Kier alpha value is -1.08. The number of rotatable bonds is 6. The second-order valence-corrected chi connectivity index (χ2v) is 6.30. The van der Waals surface area contributed by atoms with Gasteiger partial charge in [0.05, 0.1) is 0 Å². The molecule has 0 fully saturated rings. The Morgan fingerprint density at radius 3 is 2.70 bits per heavy atom. The van der Waals surface area contributed by atoms with E-state index in [2.05, 4.69) is 16.9 Å². The van der Waals surface area contributed by atoms with Crippen molar-refractivity contribution < 1.29 is 0 Å². The molecule has 0 aliphatic rings. The number of aryl methyl sites for hydroxylation is 1. The average Bonchev–Trinajstić information content (AvgIpc) is 2.87. The maximum absolute atomic E-state index is 12.1. The minimum Gasteiger partial charge on any atom is -0.327 e. The highest BCUT2D eigenvalue weighted by molar-refractivity contribution is 7.99. The number of H-pyrrole nitrogens is 1. The fourth-order valence-corrected chi connectivity index (χ4v) is 3.11. The standard InChI is InChI=1S/C13H20N4OS2/c1-4-5-6-7-8-20-12-14-9-10(15-12)16(2)13(19)17(3)11(9)18/h4-8H2,1-3H3,(H,14,15). The lowest BCUT2D eigenvalue weighted by atomic mass is 10.2.